The average Bonchev–Trinajstić information content (AvgIpc) is 2.83. The summed E-state index contributed by atoms with van der Waals surface area (Å²) in [6, 6.07) is 18.4. The third-order valence-electron chi connectivity index (χ3n) is 4.90. The molecule has 0 atom stereocenters. The number of benzene rings is 3. The first-order chi connectivity index (χ1) is 16.3. The minimum Gasteiger partial charge on any atom is -0.493 e. The lowest BCUT2D eigenvalue weighted by molar-refractivity contribution is -0.112. The van der Waals surface area contributed by atoms with Gasteiger partial charge in [0.1, 0.15) is 18.2 Å². The second-order valence-corrected chi connectivity index (χ2v) is 7.69. The van der Waals surface area contributed by atoms with Crippen molar-refractivity contribution >= 4 is 35.2 Å². The zero-order chi connectivity index (χ0) is 24.7. The van der Waals surface area contributed by atoms with E-state index < -0.39 is 11.9 Å². The lowest BCUT2D eigenvalue weighted by atomic mass is 10.1. The van der Waals surface area contributed by atoms with Crippen molar-refractivity contribution in [2.24, 2.45) is 0 Å². The number of carbonyl (C=O) groups excluding carboxylic acids is 1. The van der Waals surface area contributed by atoms with Crippen LogP contribution in [0.3, 0.4) is 0 Å². The Labute approximate surface area is 201 Å². The smallest absolute Gasteiger partial charge is 0.335 e. The standard InChI is InChI=1S/C26H21ClN2O5/c1-16-9-10-21(27)13-22(16)29-25(30)20(14-28)12-18-6-4-8-23(33-2)24(18)34-15-17-5-3-7-19(11-17)26(31)32/h3-13H,15H2,1-2H3,(H,29,30)(H,31,32). The van der Waals surface area contributed by atoms with E-state index in [1.165, 1.54) is 25.3 Å². The molecule has 0 aliphatic heterocycles. The number of para-hydroxylation sites is 1. The zero-order valence-corrected chi connectivity index (χ0v) is 19.2. The Kier molecular flexibility index (Phi) is 7.91. The number of aromatic carboxylic acids is 1. The summed E-state index contributed by atoms with van der Waals surface area (Å²) in [5.74, 6) is -0.935. The van der Waals surface area contributed by atoms with E-state index in [0.717, 1.165) is 5.56 Å². The van der Waals surface area contributed by atoms with Crippen LogP contribution in [0.25, 0.3) is 6.08 Å². The predicted octanol–water partition coefficient (Wildman–Crippen LogP) is 5.48. The third-order valence-corrected chi connectivity index (χ3v) is 5.13. The van der Waals surface area contributed by atoms with Crippen molar-refractivity contribution in [2.75, 3.05) is 12.4 Å². The Morgan fingerprint density at radius 1 is 1.15 bits per heavy atom. The summed E-state index contributed by atoms with van der Waals surface area (Å²) in [4.78, 5) is 24.0. The molecule has 0 unspecified atom stereocenters. The number of rotatable bonds is 8. The Bertz CT molecular complexity index is 1310. The first-order valence-corrected chi connectivity index (χ1v) is 10.5. The summed E-state index contributed by atoms with van der Waals surface area (Å²) in [5.41, 5.74) is 2.37. The predicted molar refractivity (Wildman–Crippen MR) is 129 cm³/mol. The van der Waals surface area contributed by atoms with Gasteiger partial charge < -0.3 is 19.9 Å². The highest BCUT2D eigenvalue weighted by Gasteiger charge is 2.15. The molecule has 0 spiro atoms. The Morgan fingerprint density at radius 3 is 2.62 bits per heavy atom. The molecular weight excluding hydrogens is 456 g/mol. The van der Waals surface area contributed by atoms with Gasteiger partial charge in [-0.05, 0) is 54.5 Å². The van der Waals surface area contributed by atoms with E-state index in [1.54, 1.807) is 48.5 Å². The molecule has 2 N–H and O–H groups in total. The Balaban J connectivity index is 1.90. The fraction of sp³-hybridized carbons (Fsp3) is 0.115. The summed E-state index contributed by atoms with van der Waals surface area (Å²) in [5, 5.41) is 22.0. The Morgan fingerprint density at radius 2 is 1.91 bits per heavy atom. The molecule has 3 rings (SSSR count). The SMILES string of the molecule is COc1cccc(C=C(C#N)C(=O)Nc2cc(Cl)ccc2C)c1OCc1cccc(C(=O)O)c1. The molecule has 1 amide bonds. The first kappa shape index (κ1) is 24.4. The first-order valence-electron chi connectivity index (χ1n) is 10.1. The topological polar surface area (TPSA) is 109 Å². The van der Waals surface area contributed by atoms with Crippen LogP contribution in [0, 0.1) is 18.3 Å². The largest absolute Gasteiger partial charge is 0.493 e. The highest BCUT2D eigenvalue weighted by atomic mass is 35.5. The van der Waals surface area contributed by atoms with E-state index in [9.17, 15) is 20.0 Å². The van der Waals surface area contributed by atoms with E-state index in [-0.39, 0.29) is 17.7 Å². The molecule has 0 aliphatic rings. The number of hydrogen-bond donors (Lipinski definition) is 2. The normalized spacial score (nSPS) is 10.8. The van der Waals surface area contributed by atoms with Gasteiger partial charge in [-0.25, -0.2) is 4.79 Å². The van der Waals surface area contributed by atoms with Crippen molar-refractivity contribution < 1.29 is 24.2 Å². The number of nitriles is 1. The number of carboxylic acids is 1. The van der Waals surface area contributed by atoms with Crippen molar-refractivity contribution in [3.8, 4) is 17.6 Å². The van der Waals surface area contributed by atoms with Gasteiger partial charge in [0, 0.05) is 16.3 Å². The number of ether oxygens (including phenoxy) is 2. The van der Waals surface area contributed by atoms with E-state index in [2.05, 4.69) is 5.32 Å². The summed E-state index contributed by atoms with van der Waals surface area (Å²) in [7, 11) is 1.47. The molecule has 0 aromatic heterocycles. The minimum absolute atomic E-state index is 0.0537. The van der Waals surface area contributed by atoms with Crippen LogP contribution < -0.4 is 14.8 Å². The van der Waals surface area contributed by atoms with Crippen LogP contribution >= 0.6 is 11.6 Å². The van der Waals surface area contributed by atoms with Crippen LogP contribution in [0.2, 0.25) is 5.02 Å². The van der Waals surface area contributed by atoms with Gasteiger partial charge in [0.25, 0.3) is 5.91 Å². The van der Waals surface area contributed by atoms with Crippen LogP contribution in [0.15, 0.2) is 66.2 Å². The quantitative estimate of drug-likeness (QED) is 0.329. The number of methoxy groups -OCH3 is 1. The van der Waals surface area contributed by atoms with E-state index in [1.807, 2.05) is 13.0 Å². The molecule has 0 radical (unpaired) electrons. The van der Waals surface area contributed by atoms with Gasteiger partial charge in [-0.1, -0.05) is 41.9 Å². The number of amides is 1. The zero-order valence-electron chi connectivity index (χ0n) is 18.5. The number of hydrogen-bond acceptors (Lipinski definition) is 5. The summed E-state index contributed by atoms with van der Waals surface area (Å²) in [6.45, 7) is 1.87. The highest BCUT2D eigenvalue weighted by molar-refractivity contribution is 6.31. The second-order valence-electron chi connectivity index (χ2n) is 7.26. The van der Waals surface area contributed by atoms with Crippen molar-refractivity contribution in [1.29, 1.82) is 5.26 Å². The number of aryl methyl sites for hydroxylation is 1. The minimum atomic E-state index is -1.04. The molecule has 172 valence electrons. The van der Waals surface area contributed by atoms with Gasteiger partial charge >= 0.3 is 5.97 Å². The molecule has 0 bridgehead atoms. The van der Waals surface area contributed by atoms with E-state index in [0.29, 0.717) is 33.3 Å². The molecule has 7 nitrogen and oxygen atoms in total. The van der Waals surface area contributed by atoms with Crippen LogP contribution in [0.5, 0.6) is 11.5 Å². The number of carbonyl (C=O) groups is 2. The van der Waals surface area contributed by atoms with Gasteiger partial charge in [0.2, 0.25) is 0 Å². The molecule has 34 heavy (non-hydrogen) atoms. The molecular formula is C26H21ClN2O5. The average molecular weight is 477 g/mol. The van der Waals surface area contributed by atoms with Gasteiger partial charge in [-0.2, -0.15) is 5.26 Å². The maximum Gasteiger partial charge on any atom is 0.335 e. The van der Waals surface area contributed by atoms with E-state index >= 15 is 0 Å². The van der Waals surface area contributed by atoms with Gasteiger partial charge in [0.05, 0.1) is 12.7 Å². The molecule has 0 saturated heterocycles. The van der Waals surface area contributed by atoms with Crippen molar-refractivity contribution in [2.45, 2.75) is 13.5 Å². The van der Waals surface area contributed by atoms with Gasteiger partial charge in [-0.15, -0.1) is 0 Å². The molecule has 3 aromatic rings. The molecule has 0 heterocycles. The number of nitrogens with zero attached hydrogens (tertiary/aromatic N) is 1. The third kappa shape index (κ3) is 5.94. The fourth-order valence-electron chi connectivity index (χ4n) is 3.13. The summed E-state index contributed by atoms with van der Waals surface area (Å²) < 4.78 is 11.3. The van der Waals surface area contributed by atoms with Gasteiger partial charge in [-0.3, -0.25) is 4.79 Å². The lowest BCUT2D eigenvalue weighted by Gasteiger charge is -2.14. The van der Waals surface area contributed by atoms with Crippen molar-refractivity contribution in [3.05, 3.63) is 93.5 Å². The van der Waals surface area contributed by atoms with Crippen LogP contribution in [0.1, 0.15) is 27.0 Å². The lowest BCUT2D eigenvalue weighted by Crippen LogP contribution is -2.14. The van der Waals surface area contributed by atoms with Crippen LogP contribution in [-0.4, -0.2) is 24.1 Å². The molecule has 0 saturated carbocycles. The molecule has 0 fully saturated rings. The van der Waals surface area contributed by atoms with Crippen molar-refractivity contribution in [3.63, 3.8) is 0 Å². The maximum atomic E-state index is 12.8. The summed E-state index contributed by atoms with van der Waals surface area (Å²) >= 11 is 6.02. The maximum absolute atomic E-state index is 12.8. The molecule has 8 heteroatoms. The number of nitrogens with one attached hydrogen (secondary N) is 1. The van der Waals surface area contributed by atoms with Crippen LogP contribution in [0.4, 0.5) is 5.69 Å². The highest BCUT2D eigenvalue weighted by Crippen LogP contribution is 2.33. The number of anilines is 1. The second kappa shape index (κ2) is 11.0. The summed E-state index contributed by atoms with van der Waals surface area (Å²) in [6.07, 6.45) is 1.40. The number of halogens is 1. The monoisotopic (exact) mass is 476 g/mol. The number of carboxylic acid groups (broad SMARTS) is 1. The van der Waals surface area contributed by atoms with Crippen molar-refractivity contribution in [1.82, 2.24) is 0 Å². The molecule has 3 aromatic carbocycles. The van der Waals surface area contributed by atoms with E-state index in [4.69, 9.17) is 21.1 Å². The Hall–Kier alpha value is -4.28. The van der Waals surface area contributed by atoms with Crippen LogP contribution in [-0.2, 0) is 11.4 Å². The molecule has 0 aliphatic carbocycles. The van der Waals surface area contributed by atoms with Gasteiger partial charge in [0.15, 0.2) is 11.5 Å². The fourth-order valence-corrected chi connectivity index (χ4v) is 3.31.